The molecule has 0 spiro atoms. The summed E-state index contributed by atoms with van der Waals surface area (Å²) in [6.07, 6.45) is 2.41. The third kappa shape index (κ3) is 2.91. The van der Waals surface area contributed by atoms with Crippen molar-refractivity contribution in [1.29, 1.82) is 0 Å². The van der Waals surface area contributed by atoms with Gasteiger partial charge >= 0.3 is 0 Å². The first-order valence-electron chi connectivity index (χ1n) is 3.72. The Kier molecular flexibility index (Phi) is 5.96. The molecular formula is C10H5N2OReRf2-3. The van der Waals surface area contributed by atoms with Crippen LogP contribution in [0.4, 0.5) is 0 Å². The van der Waals surface area contributed by atoms with E-state index in [0.29, 0.717) is 5.69 Å². The second-order valence-electron chi connectivity index (χ2n) is 2.45. The molecule has 16 heavy (non-hydrogen) atoms. The van der Waals surface area contributed by atoms with Gasteiger partial charge in [-0.1, -0.05) is 11.8 Å². The molecule has 0 aliphatic carbocycles. The Bertz CT molecular complexity index is 462. The van der Waals surface area contributed by atoms with Crippen molar-refractivity contribution in [1.82, 2.24) is 9.97 Å². The minimum atomic E-state index is -0.310. The molecule has 0 bridgehead atoms. The van der Waals surface area contributed by atoms with Crippen LogP contribution in [0.2, 0.25) is 0 Å². The molecule has 0 fully saturated rings. The fourth-order valence-electron chi connectivity index (χ4n) is 0.995. The van der Waals surface area contributed by atoms with E-state index in [1.54, 1.807) is 18.2 Å². The molecule has 0 aliphatic rings. The number of benzene rings is 1. The van der Waals surface area contributed by atoms with Crippen LogP contribution in [-0.2, 0) is 20.4 Å². The van der Waals surface area contributed by atoms with E-state index >= 15 is 0 Å². The Labute approximate surface area is 94.9 Å². The summed E-state index contributed by atoms with van der Waals surface area (Å²) >= 11 is 0. The Morgan fingerprint density at radius 3 is 2.62 bits per heavy atom. The third-order valence-corrected chi connectivity index (χ3v) is 1.57. The van der Waals surface area contributed by atoms with Crippen LogP contribution in [0.5, 0.6) is 0 Å². The zero-order chi connectivity index (χ0) is 9.10. The van der Waals surface area contributed by atoms with E-state index in [0.717, 1.165) is 5.56 Å². The molecular weight excluding hydrogens is 884 g/mol. The number of aromatic amines is 1. The predicted molar refractivity (Wildman–Crippen MR) is 46.8 cm³/mol. The van der Waals surface area contributed by atoms with Crippen LogP contribution in [-0.4, -0.2) is 9.97 Å². The van der Waals surface area contributed by atoms with Crippen molar-refractivity contribution in [3.63, 3.8) is 0 Å². The molecule has 0 atom stereocenters. The van der Waals surface area contributed by atoms with Crippen molar-refractivity contribution in [2.75, 3.05) is 0 Å². The van der Waals surface area contributed by atoms with Gasteiger partial charge in [0.1, 0.15) is 0 Å². The number of hydrogen-bond donors (Lipinski definition) is 1. The van der Waals surface area contributed by atoms with Crippen LogP contribution in [0.15, 0.2) is 29.1 Å². The van der Waals surface area contributed by atoms with Crippen LogP contribution in [0.1, 0.15) is 0 Å². The summed E-state index contributed by atoms with van der Waals surface area (Å²) in [5, 5.41) is 0. The Morgan fingerprint density at radius 2 is 2.06 bits per heavy atom. The first-order chi connectivity index (χ1) is 6.36. The molecule has 1 radical (unpaired) electrons. The molecule has 0 unspecified atom stereocenters. The molecule has 75 valence electrons. The van der Waals surface area contributed by atoms with E-state index in [1.165, 1.54) is 6.07 Å². The molecule has 3 nitrogen and oxygen atoms in total. The van der Waals surface area contributed by atoms with Crippen LogP contribution >= 0.6 is 0 Å². The second-order valence-corrected chi connectivity index (χ2v) is 2.45. The van der Waals surface area contributed by atoms with Gasteiger partial charge < -0.3 is 14.8 Å². The zero-order valence-corrected chi connectivity index (χ0v) is 24.0. The SMILES string of the molecule is O=c1cc(-c2[c-]c[c-]cc2)[nH][c-]n1.[Re].[Rf].[Rf]. The monoisotopic (exact) mass is 890 g/mol. The van der Waals surface area contributed by atoms with Crippen molar-refractivity contribution in [2.45, 2.75) is 0 Å². The van der Waals surface area contributed by atoms with E-state index in [2.05, 4.69) is 28.4 Å². The maximum atomic E-state index is 10.9. The number of nitrogens with one attached hydrogen (secondary N) is 1. The Hall–Kier alpha value is -3.24. The minimum absolute atomic E-state index is 0. The van der Waals surface area contributed by atoms with Crippen molar-refractivity contribution >= 4 is 0 Å². The van der Waals surface area contributed by atoms with Gasteiger partial charge in [-0.15, -0.1) is 0 Å². The second kappa shape index (κ2) is 6.25. The molecule has 0 saturated carbocycles. The van der Waals surface area contributed by atoms with Crippen LogP contribution in [0, 0.1) is 18.5 Å². The van der Waals surface area contributed by atoms with Crippen molar-refractivity contribution in [2.24, 2.45) is 0 Å². The van der Waals surface area contributed by atoms with Gasteiger partial charge in [0.25, 0.3) is 0 Å². The average Bonchev–Trinajstić information content (AvgIpc) is 2.19. The fourth-order valence-corrected chi connectivity index (χ4v) is 0.995. The van der Waals surface area contributed by atoms with Crippen molar-refractivity contribution in [3.8, 4) is 11.3 Å². The van der Waals surface area contributed by atoms with Crippen LogP contribution in [0.3, 0.4) is 0 Å². The van der Waals surface area contributed by atoms with E-state index in [9.17, 15) is 4.79 Å². The molecule has 0 aliphatic heterocycles. The summed E-state index contributed by atoms with van der Waals surface area (Å²) < 4.78 is 0. The first-order valence-corrected chi connectivity index (χ1v) is 3.72. The Morgan fingerprint density at radius 1 is 1.31 bits per heavy atom. The fraction of sp³-hybridized carbons (Fsp3) is 0. The summed E-state index contributed by atoms with van der Waals surface area (Å²) in [5.74, 6) is 0. The number of hydrogen-bond acceptors (Lipinski definition) is 2. The van der Waals surface area contributed by atoms with Gasteiger partial charge in [-0.25, -0.2) is 23.8 Å². The third-order valence-electron chi connectivity index (χ3n) is 1.57. The van der Waals surface area contributed by atoms with Gasteiger partial charge in [0, 0.05) is 26.8 Å². The molecule has 1 aromatic carbocycles. The van der Waals surface area contributed by atoms with Gasteiger partial charge in [0.2, 0.25) is 0 Å². The van der Waals surface area contributed by atoms with Crippen molar-refractivity contribution in [3.05, 3.63) is 53.1 Å². The predicted octanol–water partition coefficient (Wildman–Crippen LogP) is 0.835. The average molecular weight is 889 g/mol. The Balaban J connectivity index is 0. The van der Waals surface area contributed by atoms with Gasteiger partial charge in [-0.2, -0.15) is 0 Å². The maximum absolute atomic E-state index is 10.9. The van der Waals surface area contributed by atoms with Crippen LogP contribution in [0.25, 0.3) is 11.3 Å². The van der Waals surface area contributed by atoms with Gasteiger partial charge in [0.05, 0.1) is 0 Å². The normalized spacial score (nSPS) is 8.00. The topological polar surface area (TPSA) is 45.8 Å². The van der Waals surface area contributed by atoms with Crippen molar-refractivity contribution < 1.29 is 20.4 Å². The zero-order valence-electron chi connectivity index (χ0n) is 8.46. The molecule has 1 N–H and O–H groups in total. The van der Waals surface area contributed by atoms with E-state index in [4.69, 9.17) is 0 Å². The van der Waals surface area contributed by atoms with Gasteiger partial charge in [-0.05, 0) is 0 Å². The largest absolute Gasteiger partial charge is 0.455 e. The quantitative estimate of drug-likeness (QED) is 0.433. The van der Waals surface area contributed by atoms with Gasteiger partial charge in [-0.3, -0.25) is 12.1 Å². The molecule has 1 heterocycles. The molecule has 0 saturated heterocycles. The van der Waals surface area contributed by atoms with Crippen LogP contribution < -0.4 is 5.56 Å². The first kappa shape index (κ1) is 15.2. The molecule has 6 heteroatoms. The molecule has 0 amide bonds. The van der Waals surface area contributed by atoms with E-state index in [1.807, 2.05) is 0 Å². The maximum Gasteiger partial charge on any atom is 0.156 e. The summed E-state index contributed by atoms with van der Waals surface area (Å²) in [6, 6.07) is 12.4. The molecule has 2 rings (SSSR count). The number of rotatable bonds is 1. The number of nitrogens with zero attached hydrogens (tertiary/aromatic N) is 1. The summed E-state index contributed by atoms with van der Waals surface area (Å²) in [4.78, 5) is 17.0. The standard InChI is InChI=1S/C10H5N2O.Re.2Rf/c13-10-6-9(11-7-12-10)8-4-2-1-3-5-8;;;/h2-4,6H,(H,11,12,13);;;/q-3;;;. The summed E-state index contributed by atoms with van der Waals surface area (Å²) in [6.45, 7) is 0. The van der Waals surface area contributed by atoms with Gasteiger partial charge in [0.15, 0.2) is 5.56 Å². The molecule has 2 aromatic rings. The number of H-pyrrole nitrogens is 1. The summed E-state index contributed by atoms with van der Waals surface area (Å²) in [5.41, 5.74) is 1.15. The molecule has 1 aromatic heterocycles. The minimum Gasteiger partial charge on any atom is -0.455 e. The smallest absolute Gasteiger partial charge is 0.156 e. The summed E-state index contributed by atoms with van der Waals surface area (Å²) in [7, 11) is 0. The van der Waals surface area contributed by atoms with E-state index < -0.39 is 0 Å². The van der Waals surface area contributed by atoms with E-state index in [-0.39, 0.29) is 26.0 Å². The number of aromatic nitrogens is 2.